The number of Topliss-reactive ketones (excluding diaryl/α,β-unsaturated/α-hetero) is 1. The molecule has 0 aromatic rings. The molecular formula is C8H10O3. The fourth-order valence-corrected chi connectivity index (χ4v) is 1.02. The first-order chi connectivity index (χ1) is 5.20. The highest BCUT2D eigenvalue weighted by Gasteiger charge is 2.17. The molecule has 0 radical (unpaired) electrons. The lowest BCUT2D eigenvalue weighted by Crippen LogP contribution is -1.96. The maximum Gasteiger partial charge on any atom is 0.307 e. The minimum Gasteiger partial charge on any atom is -0.434 e. The molecule has 0 amide bonds. The highest BCUT2D eigenvalue weighted by molar-refractivity contribution is 5.97. The molecule has 0 spiro atoms. The molecule has 11 heavy (non-hydrogen) atoms. The first kappa shape index (κ1) is 7.98. The molecule has 1 aliphatic rings. The molecule has 1 fully saturated rings. The number of ketones is 1. The van der Waals surface area contributed by atoms with E-state index in [1.54, 1.807) is 0 Å². The highest BCUT2D eigenvalue weighted by Crippen LogP contribution is 2.19. The van der Waals surface area contributed by atoms with Crippen molar-refractivity contribution in [1.29, 1.82) is 0 Å². The second-order valence-electron chi connectivity index (χ2n) is 2.53. The van der Waals surface area contributed by atoms with Gasteiger partial charge in [-0.05, 0) is 12.8 Å². The minimum absolute atomic E-state index is 0.103. The zero-order chi connectivity index (χ0) is 8.27. The first-order valence-corrected chi connectivity index (χ1v) is 3.59. The average molecular weight is 154 g/mol. The summed E-state index contributed by atoms with van der Waals surface area (Å²) in [4.78, 5) is 21.3. The fraction of sp³-hybridized carbons (Fsp3) is 0.500. The van der Waals surface area contributed by atoms with E-state index < -0.39 is 0 Å². The largest absolute Gasteiger partial charge is 0.434 e. The van der Waals surface area contributed by atoms with Crippen molar-refractivity contribution in [2.75, 3.05) is 0 Å². The molecular weight excluding hydrogens is 144 g/mol. The molecule has 3 heteroatoms. The number of carbonyl (C=O) groups excluding carboxylic acids is 2. The van der Waals surface area contributed by atoms with Gasteiger partial charge in [-0.2, -0.15) is 0 Å². The number of carbonyl (C=O) groups is 2. The smallest absolute Gasteiger partial charge is 0.307 e. The summed E-state index contributed by atoms with van der Waals surface area (Å²) in [5.74, 6) is -0.275. The van der Waals surface area contributed by atoms with E-state index in [-0.39, 0.29) is 11.8 Å². The third-order valence-electron chi connectivity index (χ3n) is 1.58. The predicted octanol–water partition coefficient (Wildman–Crippen LogP) is 1.19. The monoisotopic (exact) mass is 154 g/mol. The van der Waals surface area contributed by atoms with Crippen molar-refractivity contribution in [3.63, 3.8) is 0 Å². The summed E-state index contributed by atoms with van der Waals surface area (Å²) in [5, 5.41) is 0. The van der Waals surface area contributed by atoms with Gasteiger partial charge in [0, 0.05) is 18.9 Å². The van der Waals surface area contributed by atoms with Crippen molar-refractivity contribution in [3.8, 4) is 0 Å². The van der Waals surface area contributed by atoms with Gasteiger partial charge in [0.15, 0.2) is 5.78 Å². The van der Waals surface area contributed by atoms with E-state index in [4.69, 9.17) is 0 Å². The normalized spacial score (nSPS) is 20.8. The minimum atomic E-state index is -0.378. The summed E-state index contributed by atoms with van der Waals surface area (Å²) < 4.78 is 4.57. The van der Waals surface area contributed by atoms with Crippen LogP contribution in [-0.4, -0.2) is 11.8 Å². The van der Waals surface area contributed by atoms with Gasteiger partial charge < -0.3 is 4.74 Å². The SMILES string of the molecule is CC(=O)O/C=C1/CCCC1=O. The zero-order valence-corrected chi connectivity index (χ0v) is 6.42. The molecule has 3 nitrogen and oxygen atoms in total. The Bertz CT molecular complexity index is 215. The van der Waals surface area contributed by atoms with Crippen LogP contribution in [0.25, 0.3) is 0 Å². The standard InChI is InChI=1S/C8H10O3/c1-6(9)11-5-7-3-2-4-8(7)10/h5H,2-4H2,1H3/b7-5-. The van der Waals surface area contributed by atoms with Crippen molar-refractivity contribution in [1.82, 2.24) is 0 Å². The Morgan fingerprint density at radius 1 is 1.55 bits per heavy atom. The molecule has 0 bridgehead atoms. The lowest BCUT2D eigenvalue weighted by Gasteiger charge is -1.93. The summed E-state index contributed by atoms with van der Waals surface area (Å²) in [6.45, 7) is 1.32. The van der Waals surface area contributed by atoms with Crippen molar-refractivity contribution in [3.05, 3.63) is 11.8 Å². The van der Waals surface area contributed by atoms with Crippen molar-refractivity contribution < 1.29 is 14.3 Å². The van der Waals surface area contributed by atoms with Gasteiger partial charge in [0.1, 0.15) is 6.26 Å². The van der Waals surface area contributed by atoms with Gasteiger partial charge in [0.05, 0.1) is 0 Å². The molecule has 0 unspecified atom stereocenters. The van der Waals surface area contributed by atoms with Crippen molar-refractivity contribution >= 4 is 11.8 Å². The number of hydrogen-bond acceptors (Lipinski definition) is 3. The van der Waals surface area contributed by atoms with Crippen LogP contribution >= 0.6 is 0 Å². The molecule has 60 valence electrons. The van der Waals surface area contributed by atoms with Gasteiger partial charge >= 0.3 is 5.97 Å². The number of rotatable bonds is 1. The van der Waals surface area contributed by atoms with Gasteiger partial charge in [-0.25, -0.2) is 0 Å². The average Bonchev–Trinajstić information content (AvgIpc) is 2.31. The fourth-order valence-electron chi connectivity index (χ4n) is 1.02. The molecule has 1 saturated carbocycles. The Kier molecular flexibility index (Phi) is 2.41. The molecule has 1 rings (SSSR count). The lowest BCUT2D eigenvalue weighted by molar-refractivity contribution is -0.135. The third-order valence-corrected chi connectivity index (χ3v) is 1.58. The molecule has 0 aromatic carbocycles. The number of ether oxygens (including phenoxy) is 1. The maximum absolute atomic E-state index is 10.9. The second-order valence-corrected chi connectivity index (χ2v) is 2.53. The molecule has 0 aliphatic heterocycles. The molecule has 0 saturated heterocycles. The van der Waals surface area contributed by atoms with Crippen LogP contribution < -0.4 is 0 Å². The van der Waals surface area contributed by atoms with E-state index in [0.29, 0.717) is 12.0 Å². The number of allylic oxidation sites excluding steroid dienone is 1. The van der Waals surface area contributed by atoms with Gasteiger partial charge in [-0.1, -0.05) is 0 Å². The van der Waals surface area contributed by atoms with Crippen molar-refractivity contribution in [2.24, 2.45) is 0 Å². The summed E-state index contributed by atoms with van der Waals surface area (Å²) in [6, 6.07) is 0. The molecule has 0 aromatic heterocycles. The van der Waals surface area contributed by atoms with E-state index >= 15 is 0 Å². The zero-order valence-electron chi connectivity index (χ0n) is 6.42. The summed E-state index contributed by atoms with van der Waals surface area (Å²) >= 11 is 0. The Labute approximate surface area is 65.0 Å². The number of hydrogen-bond donors (Lipinski definition) is 0. The predicted molar refractivity (Wildman–Crippen MR) is 38.7 cm³/mol. The van der Waals surface area contributed by atoms with E-state index in [1.165, 1.54) is 13.2 Å². The van der Waals surface area contributed by atoms with Gasteiger partial charge in [0.2, 0.25) is 0 Å². The summed E-state index contributed by atoms with van der Waals surface area (Å²) in [7, 11) is 0. The van der Waals surface area contributed by atoms with Gasteiger partial charge in [-0.15, -0.1) is 0 Å². The van der Waals surface area contributed by atoms with E-state index in [0.717, 1.165) is 12.8 Å². The third kappa shape index (κ3) is 2.18. The van der Waals surface area contributed by atoms with Crippen LogP contribution in [0.2, 0.25) is 0 Å². The van der Waals surface area contributed by atoms with Gasteiger partial charge in [-0.3, -0.25) is 9.59 Å². The van der Waals surface area contributed by atoms with Crippen LogP contribution in [0.1, 0.15) is 26.2 Å². The second kappa shape index (κ2) is 3.32. The van der Waals surface area contributed by atoms with Crippen LogP contribution in [0.15, 0.2) is 11.8 Å². The maximum atomic E-state index is 10.9. The number of esters is 1. The quantitative estimate of drug-likeness (QED) is 0.323. The van der Waals surface area contributed by atoms with Crippen LogP contribution in [0.5, 0.6) is 0 Å². The van der Waals surface area contributed by atoms with E-state index in [9.17, 15) is 9.59 Å². The Morgan fingerprint density at radius 2 is 2.27 bits per heavy atom. The Balaban J connectivity index is 2.52. The van der Waals surface area contributed by atoms with Gasteiger partial charge in [0.25, 0.3) is 0 Å². The van der Waals surface area contributed by atoms with Crippen molar-refractivity contribution in [2.45, 2.75) is 26.2 Å². The topological polar surface area (TPSA) is 43.4 Å². The summed E-state index contributed by atoms with van der Waals surface area (Å²) in [5.41, 5.74) is 0.639. The van der Waals surface area contributed by atoms with Crippen LogP contribution in [0.3, 0.4) is 0 Å². The van der Waals surface area contributed by atoms with Crippen LogP contribution in [-0.2, 0) is 14.3 Å². The molecule has 1 aliphatic carbocycles. The van der Waals surface area contributed by atoms with E-state index in [2.05, 4.69) is 4.74 Å². The molecule has 0 N–H and O–H groups in total. The first-order valence-electron chi connectivity index (χ1n) is 3.59. The van der Waals surface area contributed by atoms with Crippen LogP contribution in [0.4, 0.5) is 0 Å². The summed E-state index contributed by atoms with van der Waals surface area (Å²) in [6.07, 6.45) is 3.49. The van der Waals surface area contributed by atoms with E-state index in [1.807, 2.05) is 0 Å². The van der Waals surface area contributed by atoms with Crippen LogP contribution in [0, 0.1) is 0 Å². The molecule has 0 heterocycles. The lowest BCUT2D eigenvalue weighted by atomic mass is 10.2. The Hall–Kier alpha value is -1.12. The Morgan fingerprint density at radius 3 is 2.73 bits per heavy atom. The molecule has 0 atom stereocenters. The highest BCUT2D eigenvalue weighted by atomic mass is 16.5.